The van der Waals surface area contributed by atoms with Crippen LogP contribution in [0.2, 0.25) is 0 Å². The van der Waals surface area contributed by atoms with Gasteiger partial charge in [-0.15, -0.1) is 0 Å². The molecule has 1 aromatic carbocycles. The summed E-state index contributed by atoms with van der Waals surface area (Å²) in [6, 6.07) is 7.27. The van der Waals surface area contributed by atoms with Crippen LogP contribution in [0.15, 0.2) is 54.1 Å². The van der Waals surface area contributed by atoms with Gasteiger partial charge in [0.15, 0.2) is 0 Å². The molecule has 0 heterocycles. The van der Waals surface area contributed by atoms with E-state index >= 15 is 0 Å². The van der Waals surface area contributed by atoms with Crippen molar-refractivity contribution in [3.05, 3.63) is 59.7 Å². The van der Waals surface area contributed by atoms with E-state index in [1.165, 1.54) is 7.11 Å². The summed E-state index contributed by atoms with van der Waals surface area (Å²) < 4.78 is 15.2. The Hall–Kier alpha value is -2.62. The molecule has 4 heteroatoms. The van der Waals surface area contributed by atoms with Gasteiger partial charge in [0.05, 0.1) is 19.8 Å². The summed E-state index contributed by atoms with van der Waals surface area (Å²) in [4.78, 5) is 12.1. The average molecular weight is 285 g/mol. The van der Waals surface area contributed by atoms with E-state index in [2.05, 4.69) is 0 Å². The van der Waals surface area contributed by atoms with E-state index in [0.717, 1.165) is 22.7 Å². The van der Waals surface area contributed by atoms with E-state index in [0.29, 0.717) is 5.57 Å². The number of carbonyl (C=O) groups excluding carboxylic acids is 2. The maximum Gasteiger partial charge on any atom is 0.343 e. The van der Waals surface area contributed by atoms with Crippen LogP contribution in [0.25, 0.3) is 5.57 Å². The molecule has 1 aliphatic rings. The van der Waals surface area contributed by atoms with Crippen molar-refractivity contribution in [1.82, 2.24) is 0 Å². The number of methoxy groups -OCH3 is 2. The second-order valence-corrected chi connectivity index (χ2v) is 4.32. The molecule has 1 aliphatic carbocycles. The third-order valence-corrected chi connectivity index (χ3v) is 3.15. The molecule has 108 valence electrons. The van der Waals surface area contributed by atoms with Crippen LogP contribution in [0.4, 0.5) is 0 Å². The number of ketones is 1. The number of hydrogen-bond acceptors (Lipinski definition) is 3. The van der Waals surface area contributed by atoms with Crippen molar-refractivity contribution in [1.29, 1.82) is 0 Å². The largest absolute Gasteiger partial charge is 0.497 e. The van der Waals surface area contributed by atoms with Crippen LogP contribution in [0.5, 0.6) is 5.75 Å². The minimum atomic E-state index is -0.384. The predicted molar refractivity (Wildman–Crippen MR) is 81.1 cm³/mol. The highest BCUT2D eigenvalue weighted by Crippen LogP contribution is 2.25. The molecule has 1 aromatic rings. The lowest BCUT2D eigenvalue weighted by atomic mass is 9.96. The molecule has 21 heavy (non-hydrogen) atoms. The fraction of sp³-hybridized carbons (Fsp3) is 0.176. The summed E-state index contributed by atoms with van der Waals surface area (Å²) in [7, 11) is 4.57. The summed E-state index contributed by atoms with van der Waals surface area (Å²) in [5.74, 6) is 1.08. The van der Waals surface area contributed by atoms with E-state index in [9.17, 15) is 4.79 Å². The summed E-state index contributed by atoms with van der Waals surface area (Å²) >= 11 is 0. The van der Waals surface area contributed by atoms with Crippen molar-refractivity contribution >= 4 is 17.3 Å². The minimum absolute atomic E-state index is 0.384. The topological polar surface area (TPSA) is 46.8 Å². The van der Waals surface area contributed by atoms with Gasteiger partial charge in [0.1, 0.15) is 5.75 Å². The number of benzene rings is 1. The first-order valence-electron chi connectivity index (χ1n) is 6.43. The average Bonchev–Trinajstić information content (AvgIpc) is 2.56. The molecule has 0 bridgehead atoms. The third-order valence-electron chi connectivity index (χ3n) is 3.15. The van der Waals surface area contributed by atoms with Crippen LogP contribution in [-0.2, 0) is 14.0 Å². The Morgan fingerprint density at radius 1 is 1.00 bits per heavy atom. The van der Waals surface area contributed by atoms with Crippen LogP contribution in [0, 0.1) is 0 Å². The van der Waals surface area contributed by atoms with Crippen molar-refractivity contribution in [2.75, 3.05) is 21.3 Å². The monoisotopic (exact) mass is 285 g/mol. The Labute approximate surface area is 123 Å². The fourth-order valence-corrected chi connectivity index (χ4v) is 2.02. The first kappa shape index (κ1) is 14.8. The SMILES string of the molecule is COC(=O)C(=C1C=CC(=[O+]C)C=C1)c1ccc(OC)cc1. The van der Waals surface area contributed by atoms with Gasteiger partial charge in [-0.3, -0.25) is 4.42 Å². The molecule has 0 saturated carbocycles. The van der Waals surface area contributed by atoms with E-state index in [1.54, 1.807) is 14.2 Å². The zero-order valence-electron chi connectivity index (χ0n) is 12.3. The molecule has 0 radical (unpaired) electrons. The van der Waals surface area contributed by atoms with Gasteiger partial charge in [-0.05, 0) is 35.4 Å². The van der Waals surface area contributed by atoms with Crippen LogP contribution < -0.4 is 4.74 Å². The highest BCUT2D eigenvalue weighted by atomic mass is 16.5. The lowest BCUT2D eigenvalue weighted by molar-refractivity contribution is -0.417. The molecule has 0 saturated heterocycles. The van der Waals surface area contributed by atoms with E-state index < -0.39 is 0 Å². The first-order chi connectivity index (χ1) is 10.2. The zero-order chi connectivity index (χ0) is 15.2. The Balaban J connectivity index is 2.49. The Morgan fingerprint density at radius 3 is 2.10 bits per heavy atom. The number of esters is 1. The molecule has 0 aromatic heterocycles. The Kier molecular flexibility index (Phi) is 4.72. The lowest BCUT2D eigenvalue weighted by Gasteiger charge is -2.10. The van der Waals surface area contributed by atoms with Crippen molar-refractivity contribution in [3.63, 3.8) is 0 Å². The zero-order valence-corrected chi connectivity index (χ0v) is 12.3. The molecule has 0 atom stereocenters. The summed E-state index contributed by atoms with van der Waals surface area (Å²) in [5, 5.41) is 0. The quantitative estimate of drug-likeness (QED) is 0.487. The highest BCUT2D eigenvalue weighted by molar-refractivity contribution is 6.19. The Morgan fingerprint density at radius 2 is 1.62 bits per heavy atom. The van der Waals surface area contributed by atoms with Crippen molar-refractivity contribution in [2.24, 2.45) is 0 Å². The molecule has 0 aliphatic heterocycles. The van der Waals surface area contributed by atoms with Crippen LogP contribution in [0.1, 0.15) is 5.56 Å². The summed E-state index contributed by atoms with van der Waals surface area (Å²) in [5.41, 5.74) is 2.04. The van der Waals surface area contributed by atoms with Crippen LogP contribution in [-0.4, -0.2) is 33.1 Å². The summed E-state index contributed by atoms with van der Waals surface area (Å²) in [6.45, 7) is 0. The fourth-order valence-electron chi connectivity index (χ4n) is 2.02. The Bertz CT molecular complexity index is 628. The van der Waals surface area contributed by atoms with Gasteiger partial charge in [-0.2, -0.15) is 0 Å². The van der Waals surface area contributed by atoms with Gasteiger partial charge < -0.3 is 9.47 Å². The molecule has 0 amide bonds. The number of allylic oxidation sites excluding steroid dienone is 5. The van der Waals surface area contributed by atoms with Crippen molar-refractivity contribution in [3.8, 4) is 5.75 Å². The van der Waals surface area contributed by atoms with Gasteiger partial charge in [0.25, 0.3) is 7.11 Å². The first-order valence-corrected chi connectivity index (χ1v) is 6.43. The number of carbonyl (C=O) groups is 1. The van der Waals surface area contributed by atoms with Gasteiger partial charge in [-0.25, -0.2) is 4.79 Å². The smallest absolute Gasteiger partial charge is 0.343 e. The molecule has 4 nitrogen and oxygen atoms in total. The second-order valence-electron chi connectivity index (χ2n) is 4.32. The van der Waals surface area contributed by atoms with Gasteiger partial charge in [0.2, 0.25) is 0 Å². The number of ether oxygens (including phenoxy) is 2. The van der Waals surface area contributed by atoms with Crippen LogP contribution in [0.3, 0.4) is 0 Å². The van der Waals surface area contributed by atoms with Gasteiger partial charge in [-0.1, -0.05) is 12.1 Å². The molecule has 0 unspecified atom stereocenters. The van der Waals surface area contributed by atoms with Crippen molar-refractivity contribution in [2.45, 2.75) is 0 Å². The molecular formula is C17H17O4+. The molecule has 2 rings (SSSR count). The lowest BCUT2D eigenvalue weighted by Crippen LogP contribution is -2.08. The van der Waals surface area contributed by atoms with E-state index in [1.807, 2.05) is 48.6 Å². The minimum Gasteiger partial charge on any atom is -0.497 e. The molecular weight excluding hydrogens is 268 g/mol. The third kappa shape index (κ3) is 3.28. The maximum atomic E-state index is 12.1. The number of hydrogen-bond donors (Lipinski definition) is 0. The van der Waals surface area contributed by atoms with Crippen molar-refractivity contribution < 1.29 is 18.7 Å². The molecule has 0 N–H and O–H groups in total. The standard InChI is InChI=1S/C17H17O4/c1-19-14-8-4-12(5-9-14)16(17(18)21-3)13-6-10-15(20-2)11-7-13/h4-11H,1-3H3/q+1. The normalized spacial score (nSPS) is 13.1. The predicted octanol–water partition coefficient (Wildman–Crippen LogP) is 2.48. The van der Waals surface area contributed by atoms with Gasteiger partial charge in [0, 0.05) is 12.2 Å². The van der Waals surface area contributed by atoms with Gasteiger partial charge >= 0.3 is 11.8 Å². The van der Waals surface area contributed by atoms with Crippen LogP contribution >= 0.6 is 0 Å². The molecule has 0 spiro atoms. The second kappa shape index (κ2) is 6.70. The maximum absolute atomic E-state index is 12.1. The summed E-state index contributed by atoms with van der Waals surface area (Å²) in [6.07, 6.45) is 7.27. The van der Waals surface area contributed by atoms with E-state index in [4.69, 9.17) is 13.9 Å². The molecule has 0 fully saturated rings. The van der Waals surface area contributed by atoms with E-state index in [-0.39, 0.29) is 5.97 Å². The highest BCUT2D eigenvalue weighted by Gasteiger charge is 2.18. The number of rotatable bonds is 3.